The van der Waals surface area contributed by atoms with Crippen molar-refractivity contribution >= 4 is 31.7 Å². The Morgan fingerprint density at radius 1 is 1.54 bits per heavy atom. The fraction of sp³-hybridized carbons (Fsp3) is 0.857. The van der Waals surface area contributed by atoms with Crippen LogP contribution in [0.2, 0.25) is 0 Å². The number of sulfone groups is 1. The van der Waals surface area contributed by atoms with Gasteiger partial charge in [0.2, 0.25) is 5.91 Å². The topological polar surface area (TPSA) is 63.2 Å². The van der Waals surface area contributed by atoms with Crippen LogP contribution in [-0.4, -0.2) is 37.7 Å². The van der Waals surface area contributed by atoms with Crippen LogP contribution in [0.5, 0.6) is 0 Å². The molecule has 0 spiro atoms. The van der Waals surface area contributed by atoms with Gasteiger partial charge in [0, 0.05) is 18.1 Å². The molecular formula is C7H14BrNO3S. The summed E-state index contributed by atoms with van der Waals surface area (Å²) in [4.78, 5) is 11.2. The van der Waals surface area contributed by atoms with Gasteiger partial charge in [-0.3, -0.25) is 4.79 Å². The van der Waals surface area contributed by atoms with Crippen LogP contribution in [0.3, 0.4) is 0 Å². The Balaban J connectivity index is 3.99. The van der Waals surface area contributed by atoms with Crippen molar-refractivity contribution in [2.75, 3.05) is 18.1 Å². The number of amides is 1. The molecule has 0 aromatic heterocycles. The van der Waals surface area contributed by atoms with Crippen LogP contribution in [0.4, 0.5) is 0 Å². The van der Waals surface area contributed by atoms with E-state index in [1.807, 2.05) is 0 Å². The molecule has 78 valence electrons. The molecule has 4 nitrogen and oxygen atoms in total. The molecule has 6 heteroatoms. The van der Waals surface area contributed by atoms with Crippen molar-refractivity contribution in [2.24, 2.45) is 0 Å². The second-order valence-electron chi connectivity index (χ2n) is 2.81. The molecule has 1 unspecified atom stereocenters. The summed E-state index contributed by atoms with van der Waals surface area (Å²) in [5.74, 6) is -0.427. The van der Waals surface area contributed by atoms with Crippen LogP contribution in [-0.2, 0) is 14.6 Å². The Kier molecular flexibility index (Phi) is 5.55. The summed E-state index contributed by atoms with van der Waals surface area (Å²) in [5.41, 5.74) is 0. The zero-order valence-corrected chi connectivity index (χ0v) is 10.1. The van der Waals surface area contributed by atoms with Gasteiger partial charge in [0.25, 0.3) is 0 Å². The Morgan fingerprint density at radius 2 is 2.08 bits per heavy atom. The van der Waals surface area contributed by atoms with E-state index in [2.05, 4.69) is 21.2 Å². The number of rotatable bonds is 5. The van der Waals surface area contributed by atoms with E-state index in [4.69, 9.17) is 0 Å². The summed E-state index contributed by atoms with van der Waals surface area (Å²) in [6.45, 7) is 1.89. The van der Waals surface area contributed by atoms with E-state index in [9.17, 15) is 13.2 Å². The normalized spacial score (nSPS) is 13.8. The Hall–Kier alpha value is -0.100. The lowest BCUT2D eigenvalue weighted by molar-refractivity contribution is -0.120. The zero-order valence-electron chi connectivity index (χ0n) is 7.71. The molecule has 0 saturated heterocycles. The molecule has 1 atom stereocenters. The molecule has 0 aliphatic carbocycles. The van der Waals surface area contributed by atoms with Crippen molar-refractivity contribution in [3.63, 3.8) is 0 Å². The van der Waals surface area contributed by atoms with Gasteiger partial charge < -0.3 is 5.32 Å². The van der Waals surface area contributed by atoms with E-state index >= 15 is 0 Å². The van der Waals surface area contributed by atoms with Crippen LogP contribution in [0, 0.1) is 0 Å². The van der Waals surface area contributed by atoms with E-state index in [1.165, 1.54) is 6.92 Å². The smallest absolute Gasteiger partial charge is 0.238 e. The summed E-state index contributed by atoms with van der Waals surface area (Å²) >= 11 is 3.21. The summed E-state index contributed by atoms with van der Waals surface area (Å²) < 4.78 is 21.9. The zero-order chi connectivity index (χ0) is 10.5. The lowest BCUT2D eigenvalue weighted by Gasteiger charge is -2.09. The van der Waals surface area contributed by atoms with E-state index in [0.717, 1.165) is 18.0 Å². The van der Waals surface area contributed by atoms with Crippen LogP contribution in [0.25, 0.3) is 0 Å². The Morgan fingerprint density at radius 3 is 2.46 bits per heavy atom. The van der Waals surface area contributed by atoms with Gasteiger partial charge in [-0.25, -0.2) is 8.42 Å². The van der Waals surface area contributed by atoms with Crippen molar-refractivity contribution in [2.45, 2.75) is 18.6 Å². The molecule has 0 rings (SSSR count). The van der Waals surface area contributed by atoms with Gasteiger partial charge in [0.05, 0.1) is 0 Å². The molecule has 1 amide bonds. The fourth-order valence-electron chi connectivity index (χ4n) is 0.617. The third kappa shape index (κ3) is 5.25. The minimum absolute atomic E-state index is 0.427. The monoisotopic (exact) mass is 271 g/mol. The first-order chi connectivity index (χ1) is 5.89. The maximum atomic E-state index is 11.2. The van der Waals surface area contributed by atoms with Crippen molar-refractivity contribution in [3.8, 4) is 0 Å². The molecule has 0 heterocycles. The first-order valence-electron chi connectivity index (χ1n) is 3.92. The minimum atomic E-state index is -3.26. The summed E-state index contributed by atoms with van der Waals surface area (Å²) in [6, 6.07) is 0. The average molecular weight is 272 g/mol. The molecule has 0 fully saturated rings. The molecule has 0 aliphatic rings. The maximum Gasteiger partial charge on any atom is 0.238 e. The standard InChI is InChI=1S/C7H14BrNO3S/c1-6(13(2,11)12)7(10)9-5-3-4-8/h6H,3-5H2,1-2H3,(H,9,10). The van der Waals surface area contributed by atoms with E-state index < -0.39 is 21.0 Å². The Labute approximate surface area is 87.1 Å². The number of hydrogen-bond donors (Lipinski definition) is 1. The van der Waals surface area contributed by atoms with Crippen molar-refractivity contribution < 1.29 is 13.2 Å². The van der Waals surface area contributed by atoms with Crippen LogP contribution in [0.15, 0.2) is 0 Å². The molecular weight excluding hydrogens is 258 g/mol. The fourth-order valence-corrected chi connectivity index (χ4v) is 1.37. The number of carbonyl (C=O) groups is 1. The highest BCUT2D eigenvalue weighted by Crippen LogP contribution is 1.97. The second-order valence-corrected chi connectivity index (χ2v) is 5.96. The number of alkyl halides is 1. The second kappa shape index (κ2) is 5.59. The number of halogens is 1. The SMILES string of the molecule is CC(C(=O)NCCCBr)S(C)(=O)=O. The van der Waals surface area contributed by atoms with Crippen LogP contribution >= 0.6 is 15.9 Å². The number of hydrogen-bond acceptors (Lipinski definition) is 3. The lowest BCUT2D eigenvalue weighted by Crippen LogP contribution is -2.37. The summed E-state index contributed by atoms with van der Waals surface area (Å²) in [5, 5.41) is 2.38. The van der Waals surface area contributed by atoms with Gasteiger partial charge in [0.15, 0.2) is 9.84 Å². The highest BCUT2D eigenvalue weighted by Gasteiger charge is 2.22. The first kappa shape index (κ1) is 12.9. The highest BCUT2D eigenvalue weighted by molar-refractivity contribution is 9.09. The molecule has 0 bridgehead atoms. The average Bonchev–Trinajstić information content (AvgIpc) is 2.01. The predicted molar refractivity (Wildman–Crippen MR) is 55.7 cm³/mol. The van der Waals surface area contributed by atoms with Gasteiger partial charge >= 0.3 is 0 Å². The third-order valence-corrected chi connectivity index (χ3v) is 3.68. The van der Waals surface area contributed by atoms with E-state index in [0.29, 0.717) is 6.54 Å². The molecule has 0 aromatic carbocycles. The quantitative estimate of drug-likeness (QED) is 0.579. The van der Waals surface area contributed by atoms with Crippen molar-refractivity contribution in [3.05, 3.63) is 0 Å². The van der Waals surface area contributed by atoms with E-state index in [1.54, 1.807) is 0 Å². The van der Waals surface area contributed by atoms with Gasteiger partial charge in [-0.15, -0.1) is 0 Å². The molecule has 0 aromatic rings. The van der Waals surface area contributed by atoms with Crippen molar-refractivity contribution in [1.82, 2.24) is 5.32 Å². The summed E-state index contributed by atoms with van der Waals surface area (Å²) in [6.07, 6.45) is 1.85. The molecule has 0 radical (unpaired) electrons. The maximum absolute atomic E-state index is 11.2. The highest BCUT2D eigenvalue weighted by atomic mass is 79.9. The molecule has 1 N–H and O–H groups in total. The van der Waals surface area contributed by atoms with Crippen LogP contribution < -0.4 is 5.32 Å². The third-order valence-electron chi connectivity index (χ3n) is 1.62. The predicted octanol–water partition coefficient (Wildman–Crippen LogP) is 0.321. The number of carbonyl (C=O) groups excluding carboxylic acids is 1. The molecule has 0 aliphatic heterocycles. The van der Waals surface area contributed by atoms with Gasteiger partial charge in [0.1, 0.15) is 5.25 Å². The van der Waals surface area contributed by atoms with Gasteiger partial charge in [-0.2, -0.15) is 0 Å². The molecule has 13 heavy (non-hydrogen) atoms. The van der Waals surface area contributed by atoms with Crippen molar-refractivity contribution in [1.29, 1.82) is 0 Å². The Bertz CT molecular complexity index is 263. The van der Waals surface area contributed by atoms with Gasteiger partial charge in [-0.05, 0) is 13.3 Å². The van der Waals surface area contributed by atoms with E-state index in [-0.39, 0.29) is 0 Å². The van der Waals surface area contributed by atoms with Crippen LogP contribution in [0.1, 0.15) is 13.3 Å². The lowest BCUT2D eigenvalue weighted by atomic mass is 10.4. The summed E-state index contributed by atoms with van der Waals surface area (Å²) in [7, 11) is -3.26. The largest absolute Gasteiger partial charge is 0.355 e. The number of nitrogens with one attached hydrogen (secondary N) is 1. The van der Waals surface area contributed by atoms with Gasteiger partial charge in [-0.1, -0.05) is 15.9 Å². The first-order valence-corrected chi connectivity index (χ1v) is 6.99. The molecule has 0 saturated carbocycles. The minimum Gasteiger partial charge on any atom is -0.355 e.